The number of aliphatic hydroxyl groups excluding tert-OH is 1. The predicted octanol–water partition coefficient (Wildman–Crippen LogP) is 1.32. The van der Waals surface area contributed by atoms with Crippen molar-refractivity contribution in [3.63, 3.8) is 0 Å². The highest BCUT2D eigenvalue weighted by Crippen LogP contribution is 2.08. The number of aromatic nitrogens is 1. The van der Waals surface area contributed by atoms with Crippen molar-refractivity contribution in [3.05, 3.63) is 30.1 Å². The fraction of sp³-hybridized carbons (Fsp3) is 0.647. The van der Waals surface area contributed by atoms with E-state index >= 15 is 0 Å². The molecule has 0 radical (unpaired) electrons. The van der Waals surface area contributed by atoms with Gasteiger partial charge in [0, 0.05) is 51.0 Å². The van der Waals surface area contributed by atoms with E-state index in [1.807, 2.05) is 30.0 Å². The third-order valence-electron chi connectivity index (χ3n) is 4.21. The Bertz CT molecular complexity index is 444. The highest BCUT2D eigenvalue weighted by atomic mass is 16.3. The van der Waals surface area contributed by atoms with Gasteiger partial charge in [0.2, 0.25) is 5.91 Å². The Morgan fingerprint density at radius 2 is 2.09 bits per heavy atom. The Morgan fingerprint density at radius 3 is 2.73 bits per heavy atom. The highest BCUT2D eigenvalue weighted by Gasteiger charge is 2.21. The number of hydrogen-bond acceptors (Lipinski definition) is 4. The molecule has 2 heterocycles. The molecule has 0 aliphatic carbocycles. The summed E-state index contributed by atoms with van der Waals surface area (Å²) in [6, 6.07) is 5.89. The SMILES string of the molecule is CC[C@@H](O)CN1CCN(C(=O)CCCc2ccccn2)CC1. The number of hydrogen-bond donors (Lipinski definition) is 1. The van der Waals surface area contributed by atoms with Crippen LogP contribution in [0.3, 0.4) is 0 Å². The van der Waals surface area contributed by atoms with Gasteiger partial charge in [-0.05, 0) is 31.4 Å². The summed E-state index contributed by atoms with van der Waals surface area (Å²) in [6.45, 7) is 5.99. The van der Waals surface area contributed by atoms with Gasteiger partial charge in [0.25, 0.3) is 0 Å². The summed E-state index contributed by atoms with van der Waals surface area (Å²) >= 11 is 0. The second kappa shape index (κ2) is 8.86. The molecule has 5 nitrogen and oxygen atoms in total. The van der Waals surface area contributed by atoms with E-state index < -0.39 is 0 Å². The van der Waals surface area contributed by atoms with Crippen LogP contribution < -0.4 is 0 Å². The largest absolute Gasteiger partial charge is 0.392 e. The third kappa shape index (κ3) is 5.39. The first-order valence-electron chi connectivity index (χ1n) is 8.27. The van der Waals surface area contributed by atoms with Gasteiger partial charge < -0.3 is 10.0 Å². The molecule has 0 bridgehead atoms. The maximum Gasteiger partial charge on any atom is 0.222 e. The van der Waals surface area contributed by atoms with E-state index in [9.17, 15) is 9.90 Å². The molecule has 1 atom stereocenters. The first kappa shape index (κ1) is 16.9. The molecule has 0 unspecified atom stereocenters. The minimum atomic E-state index is -0.249. The van der Waals surface area contributed by atoms with Crippen LogP contribution in [0.4, 0.5) is 0 Å². The number of rotatable bonds is 7. The molecule has 1 fully saturated rings. The fourth-order valence-corrected chi connectivity index (χ4v) is 2.73. The number of carbonyl (C=O) groups is 1. The second-order valence-electron chi connectivity index (χ2n) is 5.92. The maximum atomic E-state index is 12.2. The van der Waals surface area contributed by atoms with E-state index in [2.05, 4.69) is 9.88 Å². The van der Waals surface area contributed by atoms with Gasteiger partial charge in [0.05, 0.1) is 6.10 Å². The van der Waals surface area contributed by atoms with Gasteiger partial charge in [-0.2, -0.15) is 0 Å². The topological polar surface area (TPSA) is 56.7 Å². The average molecular weight is 305 g/mol. The molecule has 1 aliphatic heterocycles. The molecule has 1 aromatic rings. The number of aliphatic hydroxyl groups is 1. The van der Waals surface area contributed by atoms with Crippen LogP contribution in [0.25, 0.3) is 0 Å². The zero-order chi connectivity index (χ0) is 15.8. The van der Waals surface area contributed by atoms with Crippen molar-refractivity contribution in [1.82, 2.24) is 14.8 Å². The fourth-order valence-electron chi connectivity index (χ4n) is 2.73. The molecule has 0 saturated carbocycles. The summed E-state index contributed by atoms with van der Waals surface area (Å²) in [5.74, 6) is 0.242. The van der Waals surface area contributed by atoms with E-state index in [1.165, 1.54) is 0 Å². The van der Waals surface area contributed by atoms with Gasteiger partial charge in [-0.15, -0.1) is 0 Å². The Morgan fingerprint density at radius 1 is 1.32 bits per heavy atom. The Kier molecular flexibility index (Phi) is 6.80. The van der Waals surface area contributed by atoms with Crippen molar-refractivity contribution in [3.8, 4) is 0 Å². The molecule has 122 valence electrons. The minimum Gasteiger partial charge on any atom is -0.392 e. The summed E-state index contributed by atoms with van der Waals surface area (Å²) in [4.78, 5) is 20.7. The molecule has 5 heteroatoms. The first-order valence-corrected chi connectivity index (χ1v) is 8.27. The monoisotopic (exact) mass is 305 g/mol. The summed E-state index contributed by atoms with van der Waals surface area (Å²) in [5.41, 5.74) is 1.05. The lowest BCUT2D eigenvalue weighted by molar-refractivity contribution is -0.133. The molecule has 1 aromatic heterocycles. The average Bonchev–Trinajstić information content (AvgIpc) is 2.56. The van der Waals surface area contributed by atoms with Gasteiger partial charge in [-0.3, -0.25) is 14.7 Å². The van der Waals surface area contributed by atoms with E-state index in [1.54, 1.807) is 6.20 Å². The van der Waals surface area contributed by atoms with Crippen LogP contribution in [0.1, 0.15) is 31.9 Å². The molecule has 2 rings (SSSR count). The predicted molar refractivity (Wildman–Crippen MR) is 86.5 cm³/mol. The lowest BCUT2D eigenvalue weighted by Gasteiger charge is -2.35. The Labute approximate surface area is 132 Å². The number of nitrogens with zero attached hydrogens (tertiary/aromatic N) is 3. The van der Waals surface area contributed by atoms with E-state index in [0.29, 0.717) is 6.42 Å². The van der Waals surface area contributed by atoms with Gasteiger partial charge in [-0.1, -0.05) is 13.0 Å². The van der Waals surface area contributed by atoms with Crippen molar-refractivity contribution in [1.29, 1.82) is 0 Å². The normalized spacial score (nSPS) is 17.5. The Balaban J connectivity index is 1.65. The van der Waals surface area contributed by atoms with Crippen molar-refractivity contribution in [2.45, 2.75) is 38.7 Å². The van der Waals surface area contributed by atoms with Crippen LogP contribution in [0.5, 0.6) is 0 Å². The van der Waals surface area contributed by atoms with E-state index in [0.717, 1.165) is 57.7 Å². The molecule has 0 spiro atoms. The second-order valence-corrected chi connectivity index (χ2v) is 5.92. The number of carbonyl (C=O) groups excluding carboxylic acids is 1. The summed E-state index contributed by atoms with van der Waals surface area (Å²) in [7, 11) is 0. The van der Waals surface area contributed by atoms with Gasteiger partial charge >= 0.3 is 0 Å². The van der Waals surface area contributed by atoms with Crippen molar-refractivity contribution in [2.75, 3.05) is 32.7 Å². The molecule has 0 aromatic carbocycles. The Hall–Kier alpha value is -1.46. The van der Waals surface area contributed by atoms with Crippen molar-refractivity contribution >= 4 is 5.91 Å². The van der Waals surface area contributed by atoms with Crippen LogP contribution in [-0.4, -0.2) is 64.6 Å². The number of β-amino-alcohol motifs (C(OH)–C–C–N with tert-alkyl or cyclic N) is 1. The summed E-state index contributed by atoms with van der Waals surface area (Å²) in [6.07, 6.45) is 4.63. The molecule has 1 N–H and O–H groups in total. The van der Waals surface area contributed by atoms with Crippen LogP contribution in [-0.2, 0) is 11.2 Å². The molecular formula is C17H27N3O2. The van der Waals surface area contributed by atoms with Crippen LogP contribution in [0.15, 0.2) is 24.4 Å². The van der Waals surface area contributed by atoms with Crippen molar-refractivity contribution < 1.29 is 9.90 Å². The summed E-state index contributed by atoms with van der Waals surface area (Å²) < 4.78 is 0. The minimum absolute atomic E-state index is 0.242. The van der Waals surface area contributed by atoms with Crippen LogP contribution in [0, 0.1) is 0 Å². The zero-order valence-electron chi connectivity index (χ0n) is 13.4. The van der Waals surface area contributed by atoms with Gasteiger partial charge in [0.1, 0.15) is 0 Å². The standard InChI is InChI=1S/C17H27N3O2/c1-2-16(21)14-19-10-12-20(13-11-19)17(22)8-5-7-15-6-3-4-9-18-15/h3-4,6,9,16,21H,2,5,7-8,10-14H2,1H3/t16-/m1/s1. The first-order chi connectivity index (χ1) is 10.7. The zero-order valence-corrected chi connectivity index (χ0v) is 13.4. The lowest BCUT2D eigenvalue weighted by atomic mass is 10.1. The molecule has 1 amide bonds. The van der Waals surface area contributed by atoms with Crippen LogP contribution >= 0.6 is 0 Å². The molecule has 1 saturated heterocycles. The third-order valence-corrected chi connectivity index (χ3v) is 4.21. The van der Waals surface area contributed by atoms with Crippen molar-refractivity contribution in [2.24, 2.45) is 0 Å². The number of amides is 1. The quantitative estimate of drug-likeness (QED) is 0.825. The molecule has 1 aliphatic rings. The lowest BCUT2D eigenvalue weighted by Crippen LogP contribution is -2.50. The molecule has 22 heavy (non-hydrogen) atoms. The number of piperazine rings is 1. The summed E-state index contributed by atoms with van der Waals surface area (Å²) in [5, 5.41) is 9.68. The van der Waals surface area contributed by atoms with E-state index in [4.69, 9.17) is 0 Å². The highest BCUT2D eigenvalue weighted by molar-refractivity contribution is 5.76. The maximum absolute atomic E-state index is 12.2. The number of aryl methyl sites for hydroxylation is 1. The van der Waals surface area contributed by atoms with E-state index in [-0.39, 0.29) is 12.0 Å². The smallest absolute Gasteiger partial charge is 0.222 e. The molecular weight excluding hydrogens is 278 g/mol. The van der Waals surface area contributed by atoms with Gasteiger partial charge in [-0.25, -0.2) is 0 Å². The number of pyridine rings is 1. The van der Waals surface area contributed by atoms with Crippen LogP contribution in [0.2, 0.25) is 0 Å². The van der Waals surface area contributed by atoms with Gasteiger partial charge in [0.15, 0.2) is 0 Å².